The lowest BCUT2D eigenvalue weighted by atomic mass is 10.2. The summed E-state index contributed by atoms with van der Waals surface area (Å²) in [6.45, 7) is 8.16. The smallest absolute Gasteiger partial charge is 0.217 e. The van der Waals surface area contributed by atoms with Crippen LogP contribution in [-0.4, -0.2) is 82.4 Å². The van der Waals surface area contributed by atoms with Gasteiger partial charge in [0.2, 0.25) is 11.8 Å². The van der Waals surface area contributed by atoms with Crippen molar-refractivity contribution in [3.8, 4) is 11.8 Å². The molecule has 2 heterocycles. The molecule has 0 saturated carbocycles. The van der Waals surface area contributed by atoms with E-state index in [1.807, 2.05) is 12.1 Å². The largest absolute Gasteiger partial charge is 0.481 e. The lowest BCUT2D eigenvalue weighted by Crippen LogP contribution is -2.34. The van der Waals surface area contributed by atoms with Crippen LogP contribution < -0.4 is 25.4 Å². The molecule has 1 aromatic rings. The molecule has 0 radical (unpaired) electrons. The van der Waals surface area contributed by atoms with Crippen molar-refractivity contribution in [1.29, 1.82) is 0 Å². The summed E-state index contributed by atoms with van der Waals surface area (Å²) in [5.74, 6) is 1.14. The molecule has 1 aliphatic heterocycles. The molecule has 0 atom stereocenters. The quantitative estimate of drug-likeness (QED) is 0.672. The second-order valence-electron chi connectivity index (χ2n) is 6.11. The number of hydrogen-bond acceptors (Lipinski definition) is 6. The average Bonchev–Trinajstić information content (AvgIpc) is 2.64. The monoisotopic (exact) mass is 350 g/mol. The van der Waals surface area contributed by atoms with Crippen LogP contribution in [0.5, 0.6) is 11.8 Å². The first-order chi connectivity index (χ1) is 12.3. The van der Waals surface area contributed by atoms with Crippen LogP contribution in [0.3, 0.4) is 0 Å². The van der Waals surface area contributed by atoms with E-state index in [2.05, 4.69) is 31.7 Å². The van der Waals surface area contributed by atoms with Crippen molar-refractivity contribution in [3.63, 3.8) is 0 Å². The van der Waals surface area contributed by atoms with E-state index in [-0.39, 0.29) is 0 Å². The molecule has 7 nitrogen and oxygen atoms in total. The van der Waals surface area contributed by atoms with Gasteiger partial charge in [-0.3, -0.25) is 0 Å². The predicted octanol–water partition coefficient (Wildman–Crippen LogP) is 0.0928. The Hall–Kier alpha value is -1.70. The van der Waals surface area contributed by atoms with Gasteiger partial charge in [-0.05, 0) is 19.5 Å². The van der Waals surface area contributed by atoms with Gasteiger partial charge in [-0.2, -0.15) is 4.98 Å². The summed E-state index contributed by atoms with van der Waals surface area (Å²) >= 11 is 0. The van der Waals surface area contributed by atoms with Gasteiger partial charge in [0, 0.05) is 43.8 Å². The third-order valence-electron chi connectivity index (χ3n) is 4.11. The topological polar surface area (TPSA) is 70.5 Å². The molecule has 1 fully saturated rings. The molecule has 1 saturated heterocycles. The Kier molecular flexibility index (Phi) is 9.25. The fraction of sp³-hybridized carbons (Fsp3) is 0.667. The fourth-order valence-corrected chi connectivity index (χ4v) is 2.76. The van der Waals surface area contributed by atoms with Crippen molar-refractivity contribution in [1.82, 2.24) is 20.9 Å². The molecule has 0 unspecified atom stereocenters. The molecular weight excluding hydrogens is 318 g/mol. The predicted molar refractivity (Wildman–Crippen MR) is 100 cm³/mol. The number of nitrogens with one attached hydrogen (secondary N) is 3. The van der Waals surface area contributed by atoms with Gasteiger partial charge in [-0.1, -0.05) is 0 Å². The van der Waals surface area contributed by atoms with Gasteiger partial charge >= 0.3 is 0 Å². The van der Waals surface area contributed by atoms with Crippen LogP contribution in [0.4, 0.5) is 0 Å². The minimum atomic E-state index is 0.569. The highest BCUT2D eigenvalue weighted by Crippen LogP contribution is 2.16. The number of aromatic nitrogens is 1. The summed E-state index contributed by atoms with van der Waals surface area (Å²) in [7, 11) is 3.25. The molecule has 0 spiro atoms. The molecule has 25 heavy (non-hydrogen) atoms. The maximum Gasteiger partial charge on any atom is 0.217 e. The molecule has 1 aliphatic rings. The van der Waals surface area contributed by atoms with Gasteiger partial charge in [-0.25, -0.2) is 4.58 Å². The number of ether oxygens (including phenoxy) is 2. The number of rotatable bonds is 3. The molecule has 0 amide bonds. The zero-order chi connectivity index (χ0) is 17.7. The number of methoxy groups -OCH3 is 2. The van der Waals surface area contributed by atoms with E-state index in [4.69, 9.17) is 9.47 Å². The van der Waals surface area contributed by atoms with Crippen LogP contribution in [0.1, 0.15) is 18.4 Å². The molecule has 1 aromatic heterocycles. The van der Waals surface area contributed by atoms with E-state index >= 15 is 0 Å². The first kappa shape index (κ1) is 19.6. The van der Waals surface area contributed by atoms with E-state index in [0.717, 1.165) is 70.8 Å². The molecule has 0 aliphatic carbocycles. The van der Waals surface area contributed by atoms with E-state index in [1.165, 1.54) is 0 Å². The summed E-state index contributed by atoms with van der Waals surface area (Å²) in [4.78, 5) is 4.26. The van der Waals surface area contributed by atoms with Crippen LogP contribution >= 0.6 is 0 Å². The first-order valence-corrected chi connectivity index (χ1v) is 9.13. The molecule has 2 rings (SSSR count). The molecule has 140 valence electrons. The van der Waals surface area contributed by atoms with Crippen LogP contribution in [0.25, 0.3) is 0 Å². The van der Waals surface area contributed by atoms with E-state index in [0.29, 0.717) is 11.8 Å². The summed E-state index contributed by atoms with van der Waals surface area (Å²) in [6, 6.07) is 3.87. The van der Waals surface area contributed by atoms with Crippen LogP contribution in [0.15, 0.2) is 12.1 Å². The minimum Gasteiger partial charge on any atom is -0.481 e. The molecule has 0 bridgehead atoms. The Morgan fingerprint density at radius 1 is 0.840 bits per heavy atom. The summed E-state index contributed by atoms with van der Waals surface area (Å²) in [6.07, 6.45) is 4.43. The van der Waals surface area contributed by atoms with Crippen LogP contribution in [0, 0.1) is 0 Å². The fourth-order valence-electron chi connectivity index (χ4n) is 2.76. The van der Waals surface area contributed by atoms with Crippen LogP contribution in [-0.2, 0) is 0 Å². The van der Waals surface area contributed by atoms with E-state index < -0.39 is 0 Å². The van der Waals surface area contributed by atoms with Gasteiger partial charge in [0.25, 0.3) is 0 Å². The van der Waals surface area contributed by atoms with Gasteiger partial charge in [0.05, 0.1) is 20.8 Å². The van der Waals surface area contributed by atoms with Crippen molar-refractivity contribution in [2.24, 2.45) is 0 Å². The number of nitrogens with zero attached hydrogens (tertiary/aromatic N) is 2. The Bertz CT molecular complexity index is 498. The average molecular weight is 350 g/mol. The van der Waals surface area contributed by atoms with Crippen molar-refractivity contribution >= 4 is 6.21 Å². The van der Waals surface area contributed by atoms with E-state index in [1.54, 1.807) is 14.2 Å². The van der Waals surface area contributed by atoms with Gasteiger partial charge in [0.1, 0.15) is 6.54 Å². The van der Waals surface area contributed by atoms with E-state index in [9.17, 15) is 0 Å². The highest BCUT2D eigenvalue weighted by molar-refractivity contribution is 5.76. The van der Waals surface area contributed by atoms with Gasteiger partial charge in [0.15, 0.2) is 12.8 Å². The minimum absolute atomic E-state index is 0.569. The first-order valence-electron chi connectivity index (χ1n) is 9.13. The number of hydrogen-bond donors (Lipinski definition) is 3. The van der Waals surface area contributed by atoms with Crippen molar-refractivity contribution in [2.75, 3.05) is 66.6 Å². The Labute approximate surface area is 150 Å². The number of pyridine rings is 1. The third kappa shape index (κ3) is 7.81. The molecule has 3 N–H and O–H groups in total. The van der Waals surface area contributed by atoms with Gasteiger partial charge in [-0.15, -0.1) is 0 Å². The Morgan fingerprint density at radius 2 is 1.44 bits per heavy atom. The maximum atomic E-state index is 5.27. The second-order valence-corrected chi connectivity index (χ2v) is 6.11. The zero-order valence-corrected chi connectivity index (χ0v) is 15.5. The molecule has 0 aromatic carbocycles. The van der Waals surface area contributed by atoms with Crippen molar-refractivity contribution < 1.29 is 14.0 Å². The third-order valence-corrected chi connectivity index (χ3v) is 4.11. The Balaban J connectivity index is 2.04. The van der Waals surface area contributed by atoms with Gasteiger partial charge < -0.3 is 25.4 Å². The molecule has 7 heteroatoms. The summed E-state index contributed by atoms with van der Waals surface area (Å²) < 4.78 is 12.9. The highest BCUT2D eigenvalue weighted by Gasteiger charge is 2.09. The SMILES string of the molecule is COc1cc(C=[N+]2CCCNCCNCCCNCC2)cc(OC)n1. The normalized spacial score (nSPS) is 20.0. The highest BCUT2D eigenvalue weighted by atomic mass is 16.5. The van der Waals surface area contributed by atoms with Crippen molar-refractivity contribution in [3.05, 3.63) is 17.7 Å². The molecular formula is C18H32N5O2+. The zero-order valence-electron chi connectivity index (χ0n) is 15.5. The maximum absolute atomic E-state index is 5.27. The van der Waals surface area contributed by atoms with Crippen molar-refractivity contribution in [2.45, 2.75) is 12.8 Å². The lowest BCUT2D eigenvalue weighted by molar-refractivity contribution is -0.521. The summed E-state index contributed by atoms with van der Waals surface area (Å²) in [5.41, 5.74) is 1.04. The standard InChI is InChI=1S/C18H32N5O2/c1-24-17-13-16(14-18(22-17)25-2)15-23-11-4-7-20-9-8-19-5-3-6-21-10-12-23/h13-15,19-21H,3-12H2,1-2H3/q+1. The Morgan fingerprint density at radius 3 is 2.08 bits per heavy atom. The lowest BCUT2D eigenvalue weighted by Gasteiger charge is -2.10. The summed E-state index contributed by atoms with van der Waals surface area (Å²) in [5, 5.41) is 10.5. The van der Waals surface area contributed by atoms with Crippen LogP contribution in [0.2, 0.25) is 0 Å². The second kappa shape index (κ2) is 11.8.